The van der Waals surface area contributed by atoms with Crippen LogP contribution in [0.2, 0.25) is 10.0 Å². The Morgan fingerprint density at radius 1 is 1.00 bits per heavy atom. The third-order valence-electron chi connectivity index (χ3n) is 4.25. The van der Waals surface area contributed by atoms with Crippen LogP contribution in [0.25, 0.3) is 10.8 Å². The molecule has 1 heterocycles. The largest absolute Gasteiger partial charge is 0.250 e. The van der Waals surface area contributed by atoms with Crippen molar-refractivity contribution in [1.29, 1.82) is 0 Å². The van der Waals surface area contributed by atoms with Crippen molar-refractivity contribution in [2.75, 3.05) is 0 Å². The van der Waals surface area contributed by atoms with E-state index in [-0.39, 0.29) is 0 Å². The molecule has 0 radical (unpaired) electrons. The van der Waals surface area contributed by atoms with Crippen LogP contribution in [0.4, 0.5) is 0 Å². The molecule has 0 aliphatic heterocycles. The number of nitrogens with zero attached hydrogens (tertiary/aromatic N) is 3. The van der Waals surface area contributed by atoms with E-state index < -0.39 is 0 Å². The molecule has 0 saturated carbocycles. The van der Waals surface area contributed by atoms with Gasteiger partial charge in [0.1, 0.15) is 0 Å². The van der Waals surface area contributed by atoms with Crippen molar-refractivity contribution < 1.29 is 0 Å². The Labute approximate surface area is 171 Å². The molecule has 0 saturated heterocycles. The van der Waals surface area contributed by atoms with E-state index in [1.807, 2.05) is 18.2 Å². The van der Waals surface area contributed by atoms with Crippen LogP contribution in [0.5, 0.6) is 0 Å². The first kappa shape index (κ1) is 17.9. The van der Waals surface area contributed by atoms with Crippen LogP contribution in [0.1, 0.15) is 17.0 Å². The van der Waals surface area contributed by atoms with Crippen molar-refractivity contribution in [3.63, 3.8) is 0 Å². The molecule has 7 heteroatoms. The average Bonchev–Trinajstić information content (AvgIpc) is 3.01. The van der Waals surface area contributed by atoms with Crippen molar-refractivity contribution in [3.8, 4) is 0 Å². The van der Waals surface area contributed by atoms with Crippen molar-refractivity contribution >= 4 is 52.4 Å². The molecule has 4 aromatic rings. The smallest absolute Gasteiger partial charge is 0.216 e. The molecule has 27 heavy (non-hydrogen) atoms. The van der Waals surface area contributed by atoms with E-state index in [0.717, 1.165) is 5.56 Å². The summed E-state index contributed by atoms with van der Waals surface area (Å²) in [6.07, 6.45) is 2.19. The highest BCUT2D eigenvalue weighted by Crippen LogP contribution is 2.23. The highest BCUT2D eigenvalue weighted by atomic mass is 35.5. The number of rotatable bonds is 4. The SMILES string of the molecule is S=c1[nH]nc(Cc2cccc3ccccc23)n1/N=C\c1c(Cl)cccc1Cl. The fourth-order valence-corrected chi connectivity index (χ4v) is 3.62. The number of hydrogen-bond acceptors (Lipinski definition) is 3. The number of fused-ring (bicyclic) bond motifs is 1. The Bertz CT molecular complexity index is 1180. The second-order valence-corrected chi connectivity index (χ2v) is 7.15. The number of hydrogen-bond donors (Lipinski definition) is 1. The molecule has 0 amide bonds. The van der Waals surface area contributed by atoms with Gasteiger partial charge in [-0.25, -0.2) is 0 Å². The van der Waals surface area contributed by atoms with Gasteiger partial charge >= 0.3 is 0 Å². The maximum Gasteiger partial charge on any atom is 0.216 e. The second kappa shape index (κ2) is 7.64. The lowest BCUT2D eigenvalue weighted by Crippen LogP contribution is -2.01. The maximum atomic E-state index is 6.21. The lowest BCUT2D eigenvalue weighted by atomic mass is 10.0. The van der Waals surface area contributed by atoms with Crippen LogP contribution in [-0.4, -0.2) is 21.1 Å². The fourth-order valence-electron chi connectivity index (χ4n) is 2.92. The van der Waals surface area contributed by atoms with Gasteiger partial charge < -0.3 is 0 Å². The zero-order valence-corrected chi connectivity index (χ0v) is 16.4. The third kappa shape index (κ3) is 3.67. The molecule has 1 aromatic heterocycles. The molecule has 3 aromatic carbocycles. The van der Waals surface area contributed by atoms with Crippen LogP contribution in [-0.2, 0) is 6.42 Å². The monoisotopic (exact) mass is 412 g/mol. The minimum absolute atomic E-state index is 0.407. The Morgan fingerprint density at radius 2 is 1.70 bits per heavy atom. The zero-order valence-electron chi connectivity index (χ0n) is 14.1. The number of aromatic nitrogens is 3. The van der Waals surface area contributed by atoms with Crippen molar-refractivity contribution in [3.05, 3.63) is 92.4 Å². The summed E-state index contributed by atoms with van der Waals surface area (Å²) in [5, 5.41) is 15.0. The minimum Gasteiger partial charge on any atom is -0.250 e. The molecule has 0 spiro atoms. The topological polar surface area (TPSA) is 46.0 Å². The predicted molar refractivity (Wildman–Crippen MR) is 114 cm³/mol. The second-order valence-electron chi connectivity index (χ2n) is 5.95. The van der Waals surface area contributed by atoms with E-state index in [9.17, 15) is 0 Å². The molecule has 4 nitrogen and oxygen atoms in total. The lowest BCUT2D eigenvalue weighted by Gasteiger charge is -2.06. The Kier molecular flexibility index (Phi) is 5.07. The van der Waals surface area contributed by atoms with Gasteiger partial charge in [-0.05, 0) is 40.7 Å². The molecule has 0 bridgehead atoms. The molecule has 0 atom stereocenters. The van der Waals surface area contributed by atoms with Gasteiger partial charge in [-0.15, -0.1) is 0 Å². The van der Waals surface area contributed by atoms with E-state index in [4.69, 9.17) is 35.4 Å². The zero-order chi connectivity index (χ0) is 18.8. The Balaban J connectivity index is 1.72. The first-order valence-electron chi connectivity index (χ1n) is 8.25. The van der Waals surface area contributed by atoms with Crippen LogP contribution in [0.15, 0.2) is 65.8 Å². The summed E-state index contributed by atoms with van der Waals surface area (Å²) in [5.41, 5.74) is 1.79. The first-order chi connectivity index (χ1) is 13.1. The minimum atomic E-state index is 0.407. The molecule has 4 rings (SSSR count). The van der Waals surface area contributed by atoms with E-state index in [0.29, 0.717) is 32.6 Å². The average molecular weight is 413 g/mol. The van der Waals surface area contributed by atoms with Crippen LogP contribution < -0.4 is 0 Å². The Hall–Kier alpha value is -2.47. The lowest BCUT2D eigenvalue weighted by molar-refractivity contribution is 0.793. The molecule has 0 aliphatic rings. The summed E-state index contributed by atoms with van der Waals surface area (Å²) in [6.45, 7) is 0. The van der Waals surface area contributed by atoms with Crippen LogP contribution >= 0.6 is 35.4 Å². The van der Waals surface area contributed by atoms with Gasteiger partial charge in [0.15, 0.2) is 5.82 Å². The summed E-state index contributed by atoms with van der Waals surface area (Å²) in [4.78, 5) is 0. The number of halogens is 2. The summed E-state index contributed by atoms with van der Waals surface area (Å²) in [6, 6.07) is 19.8. The van der Waals surface area contributed by atoms with Crippen molar-refractivity contribution in [1.82, 2.24) is 14.9 Å². The van der Waals surface area contributed by atoms with Gasteiger partial charge in [0.2, 0.25) is 4.77 Å². The molecular formula is C20H14Cl2N4S. The molecule has 0 aliphatic carbocycles. The summed E-state index contributed by atoms with van der Waals surface area (Å²) in [5.74, 6) is 0.704. The fraction of sp³-hybridized carbons (Fsp3) is 0.0500. The van der Waals surface area contributed by atoms with E-state index in [1.54, 1.807) is 29.1 Å². The van der Waals surface area contributed by atoms with Crippen molar-refractivity contribution in [2.45, 2.75) is 6.42 Å². The molecular weight excluding hydrogens is 399 g/mol. The van der Waals surface area contributed by atoms with Gasteiger partial charge in [-0.2, -0.15) is 14.9 Å². The van der Waals surface area contributed by atoms with E-state index >= 15 is 0 Å². The molecule has 134 valence electrons. The van der Waals surface area contributed by atoms with Crippen LogP contribution in [0, 0.1) is 4.77 Å². The van der Waals surface area contributed by atoms with E-state index in [2.05, 4.69) is 39.6 Å². The summed E-state index contributed by atoms with van der Waals surface area (Å²) < 4.78 is 2.00. The predicted octanol–water partition coefficient (Wildman–Crippen LogP) is 5.87. The molecule has 1 N–H and O–H groups in total. The standard InChI is InChI=1S/C20H14Cl2N4S/c21-17-9-4-10-18(22)16(17)12-23-26-19(24-25-20(26)27)11-14-7-3-6-13-5-1-2-8-15(13)14/h1-10,12H,11H2,(H,25,27)/b23-12-. The molecule has 0 unspecified atom stereocenters. The van der Waals surface area contributed by atoms with Gasteiger partial charge in [-0.1, -0.05) is 71.7 Å². The highest BCUT2D eigenvalue weighted by Gasteiger charge is 2.09. The summed E-state index contributed by atoms with van der Waals surface area (Å²) in [7, 11) is 0. The molecule has 0 fully saturated rings. The normalized spacial score (nSPS) is 11.5. The van der Waals surface area contributed by atoms with Crippen LogP contribution in [0.3, 0.4) is 0 Å². The highest BCUT2D eigenvalue weighted by molar-refractivity contribution is 7.71. The third-order valence-corrected chi connectivity index (χ3v) is 5.17. The number of nitrogens with one attached hydrogen (secondary N) is 1. The number of H-pyrrole nitrogens is 1. The van der Waals surface area contributed by atoms with Gasteiger partial charge in [0.05, 0.1) is 16.3 Å². The quantitative estimate of drug-likeness (QED) is 0.336. The Morgan fingerprint density at radius 3 is 2.52 bits per heavy atom. The number of aromatic amines is 1. The van der Waals surface area contributed by atoms with E-state index in [1.165, 1.54) is 10.8 Å². The van der Waals surface area contributed by atoms with Crippen molar-refractivity contribution in [2.24, 2.45) is 5.10 Å². The summed E-state index contributed by atoms with van der Waals surface area (Å²) >= 11 is 17.8. The van der Waals surface area contributed by atoms with Gasteiger partial charge in [0.25, 0.3) is 0 Å². The number of benzene rings is 3. The van der Waals surface area contributed by atoms with Gasteiger partial charge in [-0.3, -0.25) is 5.10 Å². The first-order valence-corrected chi connectivity index (χ1v) is 9.41. The maximum absolute atomic E-state index is 6.21. The van der Waals surface area contributed by atoms with Gasteiger partial charge in [0, 0.05) is 12.0 Å².